The average molecular weight is 240 g/mol. The van der Waals surface area contributed by atoms with Gasteiger partial charge in [-0.2, -0.15) is 4.98 Å². The Morgan fingerprint density at radius 2 is 2.12 bits per heavy atom. The van der Waals surface area contributed by atoms with Crippen LogP contribution >= 0.6 is 0 Å². The van der Waals surface area contributed by atoms with Gasteiger partial charge in [0, 0.05) is 19.9 Å². The molecule has 96 valence electrons. The molecule has 0 saturated carbocycles. The molecule has 1 rings (SSSR count). The van der Waals surface area contributed by atoms with Gasteiger partial charge in [0.1, 0.15) is 0 Å². The summed E-state index contributed by atoms with van der Waals surface area (Å²) >= 11 is 0. The number of nitrogens with two attached hydrogens (primary N) is 1. The maximum Gasteiger partial charge on any atom is 0.240 e. The maximum absolute atomic E-state index is 11.8. The van der Waals surface area contributed by atoms with E-state index in [4.69, 9.17) is 10.3 Å². The summed E-state index contributed by atoms with van der Waals surface area (Å²) in [5.41, 5.74) is 5.19. The number of nitrogens with one attached hydrogen (secondary N) is 1. The predicted molar refractivity (Wildman–Crippen MR) is 63.2 cm³/mol. The summed E-state index contributed by atoms with van der Waals surface area (Å²) in [6.45, 7) is 6.02. The molecule has 1 aromatic rings. The van der Waals surface area contributed by atoms with Crippen molar-refractivity contribution in [3.8, 4) is 0 Å². The molecular weight excluding hydrogens is 220 g/mol. The highest BCUT2D eigenvalue weighted by atomic mass is 16.5. The second kappa shape index (κ2) is 5.77. The average Bonchev–Trinajstić information content (AvgIpc) is 2.74. The van der Waals surface area contributed by atoms with Crippen LogP contribution in [0.5, 0.6) is 0 Å². The first-order chi connectivity index (χ1) is 8.01. The molecule has 0 atom stereocenters. The number of aryl methyl sites for hydroxylation is 1. The Morgan fingerprint density at radius 3 is 2.59 bits per heavy atom. The van der Waals surface area contributed by atoms with Crippen LogP contribution < -0.4 is 11.1 Å². The summed E-state index contributed by atoms with van der Waals surface area (Å²) in [5, 5.41) is 6.54. The van der Waals surface area contributed by atoms with Gasteiger partial charge in [0.25, 0.3) is 0 Å². The molecule has 0 radical (unpaired) electrons. The molecule has 0 aliphatic rings. The van der Waals surface area contributed by atoms with E-state index in [0.717, 1.165) is 0 Å². The summed E-state index contributed by atoms with van der Waals surface area (Å²) in [7, 11) is 0. The Balaban J connectivity index is 2.38. The van der Waals surface area contributed by atoms with Crippen molar-refractivity contribution in [1.82, 2.24) is 15.5 Å². The van der Waals surface area contributed by atoms with E-state index < -0.39 is 5.54 Å². The lowest BCUT2D eigenvalue weighted by Crippen LogP contribution is -2.53. The number of carbonyl (C=O) groups excluding carboxylic acids is 1. The molecule has 0 aliphatic heterocycles. The maximum atomic E-state index is 11.8. The van der Waals surface area contributed by atoms with Crippen LogP contribution in [-0.2, 0) is 11.2 Å². The molecule has 0 aliphatic carbocycles. The molecule has 0 unspecified atom stereocenters. The molecule has 1 amide bonds. The number of rotatable bonds is 6. The summed E-state index contributed by atoms with van der Waals surface area (Å²) in [6, 6.07) is 0. The summed E-state index contributed by atoms with van der Waals surface area (Å²) in [4.78, 5) is 15.9. The van der Waals surface area contributed by atoms with Crippen LogP contribution in [0.15, 0.2) is 4.52 Å². The van der Waals surface area contributed by atoms with Crippen molar-refractivity contribution in [2.45, 2.75) is 45.6 Å². The molecule has 6 heteroatoms. The van der Waals surface area contributed by atoms with Gasteiger partial charge < -0.3 is 15.6 Å². The van der Waals surface area contributed by atoms with Gasteiger partial charge in [0.2, 0.25) is 11.8 Å². The molecule has 17 heavy (non-hydrogen) atoms. The Morgan fingerprint density at radius 1 is 1.47 bits per heavy atom. The van der Waals surface area contributed by atoms with E-state index in [2.05, 4.69) is 15.5 Å². The molecule has 0 bridgehead atoms. The largest absolute Gasteiger partial charge is 0.354 e. The predicted octanol–water partition coefficient (Wildman–Crippen LogP) is 0.554. The molecule has 3 N–H and O–H groups in total. The van der Waals surface area contributed by atoms with E-state index in [1.54, 1.807) is 6.92 Å². The zero-order chi connectivity index (χ0) is 12.9. The van der Waals surface area contributed by atoms with Gasteiger partial charge in [-0.1, -0.05) is 19.0 Å². The van der Waals surface area contributed by atoms with Gasteiger partial charge in [-0.25, -0.2) is 0 Å². The minimum absolute atomic E-state index is 0.122. The summed E-state index contributed by atoms with van der Waals surface area (Å²) < 4.78 is 4.83. The molecular formula is C11H20N4O2. The smallest absolute Gasteiger partial charge is 0.240 e. The van der Waals surface area contributed by atoms with Gasteiger partial charge in [-0.15, -0.1) is 0 Å². The molecule has 6 nitrogen and oxygen atoms in total. The number of hydrogen-bond donors (Lipinski definition) is 2. The highest BCUT2D eigenvalue weighted by Crippen LogP contribution is 2.10. The van der Waals surface area contributed by atoms with E-state index in [1.165, 1.54) is 0 Å². The normalized spacial score (nSPS) is 11.5. The number of hydrogen-bond acceptors (Lipinski definition) is 5. The molecule has 0 aromatic carbocycles. The van der Waals surface area contributed by atoms with E-state index in [-0.39, 0.29) is 5.91 Å². The zero-order valence-electron chi connectivity index (χ0n) is 10.6. The highest BCUT2D eigenvalue weighted by Gasteiger charge is 2.29. The summed E-state index contributed by atoms with van der Waals surface area (Å²) in [6.07, 6.45) is 1.79. The van der Waals surface area contributed by atoms with Gasteiger partial charge in [0.05, 0.1) is 5.54 Å². The van der Waals surface area contributed by atoms with Gasteiger partial charge in [-0.05, 0) is 12.8 Å². The van der Waals surface area contributed by atoms with Gasteiger partial charge >= 0.3 is 0 Å². The van der Waals surface area contributed by atoms with Crippen molar-refractivity contribution in [2.24, 2.45) is 5.73 Å². The number of aromatic nitrogens is 2. The first-order valence-electron chi connectivity index (χ1n) is 5.88. The van der Waals surface area contributed by atoms with Crippen LogP contribution in [0.2, 0.25) is 0 Å². The Kier molecular flexibility index (Phi) is 4.62. The minimum Gasteiger partial charge on any atom is -0.354 e. The van der Waals surface area contributed by atoms with Crippen molar-refractivity contribution in [3.63, 3.8) is 0 Å². The third kappa shape index (κ3) is 3.52. The van der Waals surface area contributed by atoms with Crippen molar-refractivity contribution < 1.29 is 9.32 Å². The van der Waals surface area contributed by atoms with Gasteiger partial charge in [-0.3, -0.25) is 4.79 Å². The van der Waals surface area contributed by atoms with Crippen LogP contribution in [-0.4, -0.2) is 28.1 Å². The lowest BCUT2D eigenvalue weighted by Gasteiger charge is -2.24. The number of carbonyl (C=O) groups is 1. The van der Waals surface area contributed by atoms with Crippen LogP contribution in [0.4, 0.5) is 0 Å². The third-order valence-corrected chi connectivity index (χ3v) is 2.92. The lowest BCUT2D eigenvalue weighted by atomic mass is 9.93. The Bertz CT molecular complexity index is 371. The monoisotopic (exact) mass is 240 g/mol. The number of amides is 1. The van der Waals surface area contributed by atoms with Gasteiger partial charge in [0.15, 0.2) is 5.82 Å². The fourth-order valence-corrected chi connectivity index (χ4v) is 1.48. The molecule has 1 heterocycles. The van der Waals surface area contributed by atoms with E-state index in [0.29, 0.717) is 37.5 Å². The van der Waals surface area contributed by atoms with Crippen molar-refractivity contribution >= 4 is 5.91 Å². The second-order valence-electron chi connectivity index (χ2n) is 4.10. The van der Waals surface area contributed by atoms with Crippen LogP contribution in [0.3, 0.4) is 0 Å². The standard InChI is InChI=1S/C11H20N4O2/c1-4-11(12,5-2)10(16)13-7-6-9-14-8(3)17-15-9/h4-7,12H2,1-3H3,(H,13,16). The van der Waals surface area contributed by atoms with Crippen molar-refractivity contribution in [2.75, 3.05) is 6.54 Å². The molecule has 0 fully saturated rings. The van der Waals surface area contributed by atoms with Crippen molar-refractivity contribution in [1.29, 1.82) is 0 Å². The van der Waals surface area contributed by atoms with Crippen LogP contribution in [0.25, 0.3) is 0 Å². The van der Waals surface area contributed by atoms with Crippen LogP contribution in [0.1, 0.15) is 38.4 Å². The third-order valence-electron chi connectivity index (χ3n) is 2.92. The van der Waals surface area contributed by atoms with Crippen LogP contribution in [0, 0.1) is 6.92 Å². The fourth-order valence-electron chi connectivity index (χ4n) is 1.48. The Hall–Kier alpha value is -1.43. The van der Waals surface area contributed by atoms with Crippen molar-refractivity contribution in [3.05, 3.63) is 11.7 Å². The first-order valence-corrected chi connectivity index (χ1v) is 5.88. The molecule has 1 aromatic heterocycles. The van der Waals surface area contributed by atoms with E-state index >= 15 is 0 Å². The molecule has 0 saturated heterocycles. The Labute approximate surface area is 101 Å². The lowest BCUT2D eigenvalue weighted by molar-refractivity contribution is -0.126. The number of nitrogens with zero attached hydrogens (tertiary/aromatic N) is 2. The zero-order valence-corrected chi connectivity index (χ0v) is 10.6. The molecule has 0 spiro atoms. The highest BCUT2D eigenvalue weighted by molar-refractivity contribution is 5.85. The topological polar surface area (TPSA) is 94.0 Å². The summed E-state index contributed by atoms with van der Waals surface area (Å²) in [5.74, 6) is 1.00. The minimum atomic E-state index is -0.771. The SMILES string of the molecule is CCC(N)(CC)C(=O)NCCc1noc(C)n1. The van der Waals surface area contributed by atoms with E-state index in [9.17, 15) is 4.79 Å². The first kappa shape index (κ1) is 13.6. The second-order valence-corrected chi connectivity index (χ2v) is 4.10. The fraction of sp³-hybridized carbons (Fsp3) is 0.727. The quantitative estimate of drug-likeness (QED) is 0.757. The van der Waals surface area contributed by atoms with E-state index in [1.807, 2.05) is 13.8 Å².